The number of nitrogens with one attached hydrogen (secondary N) is 4. The number of carbonyl (C=O) groups excluding carboxylic acids is 4. The van der Waals surface area contributed by atoms with Crippen LogP contribution >= 0.6 is 22.9 Å². The van der Waals surface area contributed by atoms with Crippen LogP contribution in [0.1, 0.15) is 107 Å². The lowest BCUT2D eigenvalue weighted by molar-refractivity contribution is -0.164. The monoisotopic (exact) mass is 997 g/mol. The van der Waals surface area contributed by atoms with Crippen LogP contribution in [0.5, 0.6) is 11.5 Å². The molecule has 0 spiro atoms. The van der Waals surface area contributed by atoms with Gasteiger partial charge in [-0.1, -0.05) is 84.3 Å². The molecule has 0 radical (unpaired) electrons. The Hall–Kier alpha value is -5.57. The molecule has 4 amide bonds. The Bertz CT molecular complexity index is 2490. The van der Waals surface area contributed by atoms with Crippen molar-refractivity contribution in [2.45, 2.75) is 117 Å². The summed E-state index contributed by atoms with van der Waals surface area (Å²) in [5, 5.41) is 32.6. The fourth-order valence-electron chi connectivity index (χ4n) is 9.84. The number of β-amino-alcohol motifs (C(OH)–C–C–N with tert-alkyl or cyclic N) is 1. The van der Waals surface area contributed by atoms with Crippen LogP contribution in [0.3, 0.4) is 0 Å². The minimum Gasteiger partial charge on any atom is -0.494 e. The van der Waals surface area contributed by atoms with Crippen LogP contribution in [0.2, 0.25) is 5.02 Å². The second-order valence-electron chi connectivity index (χ2n) is 20.6. The van der Waals surface area contributed by atoms with Crippen LogP contribution in [0.15, 0.2) is 72.2 Å². The first-order valence-electron chi connectivity index (χ1n) is 23.9. The highest BCUT2D eigenvalue weighted by Gasteiger charge is 2.64. The average molecular weight is 999 g/mol. The van der Waals surface area contributed by atoms with Crippen molar-refractivity contribution in [1.29, 1.82) is 5.26 Å². The number of benzene rings is 3. The number of amides is 4. The second-order valence-corrected chi connectivity index (χ2v) is 21.8. The Balaban J connectivity index is 0.903. The van der Waals surface area contributed by atoms with Crippen molar-refractivity contribution >= 4 is 46.6 Å². The highest BCUT2D eigenvalue weighted by atomic mass is 35.5. The van der Waals surface area contributed by atoms with Crippen LogP contribution in [0, 0.1) is 34.5 Å². The van der Waals surface area contributed by atoms with E-state index in [0.717, 1.165) is 34.5 Å². The molecule has 5 N–H and O–H groups in total. The van der Waals surface area contributed by atoms with Crippen molar-refractivity contribution in [3.63, 3.8) is 0 Å². The van der Waals surface area contributed by atoms with E-state index in [2.05, 4.69) is 60.0 Å². The molecule has 376 valence electrons. The Kier molecular flexibility index (Phi) is 17.8. The number of nitriles is 1. The Morgan fingerprint density at radius 3 is 2.24 bits per heavy atom. The number of carbonyl (C=O) groups is 4. The van der Waals surface area contributed by atoms with Gasteiger partial charge in [-0.25, -0.2) is 4.98 Å². The zero-order valence-electron chi connectivity index (χ0n) is 41.7. The first-order valence-corrected chi connectivity index (χ1v) is 25.1. The van der Waals surface area contributed by atoms with Crippen LogP contribution in [-0.4, -0.2) is 109 Å². The highest BCUT2D eigenvalue weighted by molar-refractivity contribution is 7.13. The summed E-state index contributed by atoms with van der Waals surface area (Å²) in [7, 11) is 1.80. The fourth-order valence-corrected chi connectivity index (χ4v) is 10.9. The Labute approximate surface area is 421 Å². The maximum absolute atomic E-state index is 14.2. The zero-order valence-corrected chi connectivity index (χ0v) is 43.3. The van der Waals surface area contributed by atoms with E-state index >= 15 is 0 Å². The number of aliphatic hydroxyl groups is 1. The number of hydrogen-bond donors (Lipinski definition) is 5. The number of likely N-dealkylation sites (N-methyl/N-ethyl adjacent to an activating group) is 1. The van der Waals surface area contributed by atoms with Gasteiger partial charge in [0.05, 0.1) is 45.4 Å². The third-order valence-corrected chi connectivity index (χ3v) is 14.6. The smallest absolute Gasteiger partial charge is 0.251 e. The molecule has 1 aromatic heterocycles. The lowest BCUT2D eigenvalue weighted by Crippen LogP contribution is -2.74. The number of hydrogen-bond acceptors (Lipinski definition) is 12. The fraction of sp³-hybridized carbons (Fsp3) is 0.509. The molecule has 1 aliphatic carbocycles. The van der Waals surface area contributed by atoms with Crippen LogP contribution < -0.4 is 30.7 Å². The number of aliphatic hydroxyl groups excluding tert-OH is 1. The van der Waals surface area contributed by atoms with Crippen molar-refractivity contribution in [2.75, 3.05) is 40.0 Å². The minimum absolute atomic E-state index is 0.0302. The van der Waals surface area contributed by atoms with Crippen LogP contribution in [0.4, 0.5) is 0 Å². The van der Waals surface area contributed by atoms with Crippen molar-refractivity contribution < 1.29 is 38.5 Å². The molecule has 2 fully saturated rings. The summed E-state index contributed by atoms with van der Waals surface area (Å²) >= 11 is 7.81. The molecule has 1 saturated heterocycles. The molecule has 4 aromatic rings. The number of unbranched alkanes of at least 4 members (excludes halogenated alkanes) is 2. The van der Waals surface area contributed by atoms with Crippen molar-refractivity contribution in [3.05, 3.63) is 99.6 Å². The Morgan fingerprint density at radius 2 is 1.63 bits per heavy atom. The minimum atomic E-state index is -0.974. The van der Waals surface area contributed by atoms with Crippen LogP contribution in [0.25, 0.3) is 10.4 Å². The van der Waals surface area contributed by atoms with Gasteiger partial charge in [-0.3, -0.25) is 19.2 Å². The van der Waals surface area contributed by atoms with Gasteiger partial charge in [0.1, 0.15) is 42.4 Å². The molecule has 4 atom stereocenters. The van der Waals surface area contributed by atoms with E-state index in [9.17, 15) is 29.5 Å². The number of nitrogens with zero attached hydrogens (tertiary/aromatic N) is 3. The number of aryl methyl sites for hydroxylation is 1. The summed E-state index contributed by atoms with van der Waals surface area (Å²) in [6.07, 6.45) is 1.18. The molecule has 1 aliphatic heterocycles. The van der Waals surface area contributed by atoms with E-state index in [4.69, 9.17) is 25.8 Å². The number of likely N-dealkylation sites (tertiary alicyclic amines) is 1. The number of thiazole rings is 1. The lowest BCUT2D eigenvalue weighted by atomic mass is 9.49. The summed E-state index contributed by atoms with van der Waals surface area (Å²) in [5.74, 6) is -0.260. The maximum atomic E-state index is 14.2. The predicted octanol–water partition coefficient (Wildman–Crippen LogP) is 7.39. The molecule has 0 bridgehead atoms. The molecule has 1 unspecified atom stereocenters. The highest BCUT2D eigenvalue weighted by Crippen LogP contribution is 2.55. The molecule has 6 rings (SSSR count). The van der Waals surface area contributed by atoms with Gasteiger partial charge in [-0.2, -0.15) is 5.26 Å². The SMILES string of the molecule is CNC[C@H](NC(=O)[C@@H]1C[C@@H](O)CN1C(=O)C(NC(=O)COCCCCCOc1ccc(C(=O)NC2C(C)(C)C(Oc3ccc(C#N)c(Cl)c3)C2(C)C)cc1)C(C)(C)C)c1ccc(-c2scnc2C)cc1. The van der Waals surface area contributed by atoms with Gasteiger partial charge in [0, 0.05) is 54.6 Å². The summed E-state index contributed by atoms with van der Waals surface area (Å²) in [6.45, 7) is 16.7. The summed E-state index contributed by atoms with van der Waals surface area (Å²) in [6, 6.07) is 19.6. The standard InChI is InChI=1S/C53H68ClN7O8S/c1-32-44(70-31-57-32)34-15-13-33(14-16-34)41(28-56-9)58-47(65)42-25-37(62)29-61(42)48(66)45(51(2,3)4)59-43(63)30-67-23-11-10-12-24-68-38-20-17-35(18-21-38)46(64)60-49-52(5,6)50(53(49,7)8)69-39-22-19-36(27-55)40(54)26-39/h13-22,26,31,37,41-42,45,49-50,56,62H,10-12,23-25,28-30H2,1-9H3,(H,58,65)(H,59,63)(H,60,64)/t37-,41+,42+,45?,49?,50?/m1/s1. The largest absolute Gasteiger partial charge is 0.494 e. The normalized spacial score (nSPS) is 20.1. The second kappa shape index (κ2) is 23.1. The molecule has 1 saturated carbocycles. The first-order chi connectivity index (χ1) is 33.1. The molecule has 2 aliphatic rings. The van der Waals surface area contributed by atoms with Gasteiger partial charge in [0.15, 0.2) is 0 Å². The first kappa shape index (κ1) is 53.8. The number of rotatable bonds is 21. The topological polar surface area (TPSA) is 204 Å². The van der Waals surface area contributed by atoms with E-state index in [1.54, 1.807) is 60.8 Å². The van der Waals surface area contributed by atoms with Gasteiger partial charge >= 0.3 is 0 Å². The van der Waals surface area contributed by atoms with E-state index < -0.39 is 52.3 Å². The lowest BCUT2D eigenvalue weighted by Gasteiger charge is -2.63. The summed E-state index contributed by atoms with van der Waals surface area (Å²) < 4.78 is 18.0. The average Bonchev–Trinajstić information content (AvgIpc) is 3.94. The molecular weight excluding hydrogens is 930 g/mol. The number of aromatic nitrogens is 1. The molecule has 17 heteroatoms. The third-order valence-electron chi connectivity index (χ3n) is 13.3. The van der Waals surface area contributed by atoms with Crippen molar-refractivity contribution in [1.82, 2.24) is 31.2 Å². The predicted molar refractivity (Wildman–Crippen MR) is 271 cm³/mol. The van der Waals surface area contributed by atoms with E-state index in [1.807, 2.05) is 57.5 Å². The maximum Gasteiger partial charge on any atom is 0.251 e. The molecule has 2 heterocycles. The quantitative estimate of drug-likeness (QED) is 0.0521. The van der Waals surface area contributed by atoms with Gasteiger partial charge in [-0.05, 0) is 86.2 Å². The van der Waals surface area contributed by atoms with Gasteiger partial charge in [-0.15, -0.1) is 11.3 Å². The van der Waals surface area contributed by atoms with E-state index in [1.165, 1.54) is 4.90 Å². The van der Waals surface area contributed by atoms with Gasteiger partial charge < -0.3 is 45.5 Å². The molecule has 15 nitrogen and oxygen atoms in total. The van der Waals surface area contributed by atoms with E-state index in [-0.39, 0.29) is 43.5 Å². The third kappa shape index (κ3) is 12.8. The molecule has 70 heavy (non-hydrogen) atoms. The number of ether oxygens (including phenoxy) is 3. The Morgan fingerprint density at radius 1 is 0.957 bits per heavy atom. The van der Waals surface area contributed by atoms with Gasteiger partial charge in [0.25, 0.3) is 5.91 Å². The van der Waals surface area contributed by atoms with Crippen LogP contribution in [-0.2, 0) is 19.1 Å². The van der Waals surface area contributed by atoms with E-state index in [0.29, 0.717) is 53.8 Å². The zero-order chi connectivity index (χ0) is 51.0. The molecular formula is C53H68ClN7O8S. The number of halogens is 1. The van der Waals surface area contributed by atoms with Crippen molar-refractivity contribution in [3.8, 4) is 28.0 Å². The molecule has 3 aromatic carbocycles. The summed E-state index contributed by atoms with van der Waals surface area (Å²) in [4.78, 5) is 61.4. The summed E-state index contributed by atoms with van der Waals surface area (Å²) in [5.41, 5.74) is 4.09. The van der Waals surface area contributed by atoms with Crippen molar-refractivity contribution in [2.24, 2.45) is 16.2 Å². The van der Waals surface area contributed by atoms with Gasteiger partial charge in [0.2, 0.25) is 17.7 Å².